The SMILES string of the molecule is CC(C)SSC(Cl)Cl. The monoisotopic (exact) mass is 190 g/mol. The molecule has 0 spiro atoms. The molecule has 0 aromatic rings. The fourth-order valence-electron chi connectivity index (χ4n) is 0.153. The molecule has 0 aromatic heterocycles. The summed E-state index contributed by atoms with van der Waals surface area (Å²) in [5.74, 6) is 0. The summed E-state index contributed by atoms with van der Waals surface area (Å²) >= 11 is 10.9. The first kappa shape index (κ1) is 9.28. The molecule has 0 unspecified atom stereocenters. The van der Waals surface area contributed by atoms with Crippen LogP contribution in [-0.2, 0) is 0 Å². The van der Waals surface area contributed by atoms with Crippen LogP contribution in [-0.4, -0.2) is 9.42 Å². The Bertz CT molecular complexity index is 48.0. The molecule has 0 aliphatic rings. The van der Waals surface area contributed by atoms with E-state index in [9.17, 15) is 0 Å². The van der Waals surface area contributed by atoms with Gasteiger partial charge in [-0.25, -0.2) is 0 Å². The van der Waals surface area contributed by atoms with E-state index in [1.165, 1.54) is 10.8 Å². The van der Waals surface area contributed by atoms with Crippen molar-refractivity contribution in [3.63, 3.8) is 0 Å². The lowest BCUT2D eigenvalue weighted by molar-refractivity contribution is 1.12. The predicted octanol–water partition coefficient (Wildman–Crippen LogP) is 3.54. The van der Waals surface area contributed by atoms with E-state index in [4.69, 9.17) is 23.2 Å². The molecule has 0 saturated carbocycles. The van der Waals surface area contributed by atoms with Crippen molar-refractivity contribution >= 4 is 44.8 Å². The summed E-state index contributed by atoms with van der Waals surface area (Å²) < 4.78 is -0.289. The van der Waals surface area contributed by atoms with Crippen molar-refractivity contribution in [1.29, 1.82) is 0 Å². The van der Waals surface area contributed by atoms with Gasteiger partial charge >= 0.3 is 0 Å². The van der Waals surface area contributed by atoms with E-state index in [2.05, 4.69) is 13.8 Å². The van der Waals surface area contributed by atoms with Crippen molar-refractivity contribution < 1.29 is 0 Å². The quantitative estimate of drug-likeness (QED) is 0.494. The largest absolute Gasteiger partial charge is 0.162 e. The molecule has 0 bridgehead atoms. The van der Waals surface area contributed by atoms with E-state index in [1.807, 2.05) is 0 Å². The molecule has 0 aliphatic heterocycles. The minimum atomic E-state index is -0.289. The molecule has 8 heavy (non-hydrogen) atoms. The third-order valence-corrected chi connectivity index (χ3v) is 4.20. The minimum absolute atomic E-state index is 0.289. The summed E-state index contributed by atoms with van der Waals surface area (Å²) in [5, 5.41) is 0.597. The Morgan fingerprint density at radius 3 is 1.75 bits per heavy atom. The standard InChI is InChI=1S/C4H8Cl2S2/c1-3(2)7-8-4(5)6/h3-4H,1-2H3. The van der Waals surface area contributed by atoms with Crippen molar-refractivity contribution in [2.45, 2.75) is 23.3 Å². The summed E-state index contributed by atoms with van der Waals surface area (Å²) in [6.45, 7) is 4.21. The first-order chi connectivity index (χ1) is 3.63. The van der Waals surface area contributed by atoms with E-state index in [0.29, 0.717) is 5.25 Å². The van der Waals surface area contributed by atoms with Gasteiger partial charge in [0.05, 0.1) is 0 Å². The van der Waals surface area contributed by atoms with E-state index in [0.717, 1.165) is 0 Å². The lowest BCUT2D eigenvalue weighted by Gasteiger charge is -2.01. The second-order valence-corrected chi connectivity index (χ2v) is 6.07. The van der Waals surface area contributed by atoms with Crippen molar-refractivity contribution in [1.82, 2.24) is 0 Å². The molecule has 0 nitrogen and oxygen atoms in total. The highest BCUT2D eigenvalue weighted by Gasteiger charge is 2.00. The highest BCUT2D eigenvalue weighted by atomic mass is 35.5. The van der Waals surface area contributed by atoms with Crippen LogP contribution in [0.15, 0.2) is 0 Å². The molecule has 0 heterocycles. The molecular weight excluding hydrogens is 183 g/mol. The van der Waals surface area contributed by atoms with Gasteiger partial charge in [-0.2, -0.15) is 0 Å². The molecule has 0 aliphatic carbocycles. The van der Waals surface area contributed by atoms with Gasteiger partial charge in [0.25, 0.3) is 0 Å². The highest BCUT2D eigenvalue weighted by Crippen LogP contribution is 2.34. The fraction of sp³-hybridized carbons (Fsp3) is 1.00. The van der Waals surface area contributed by atoms with Crippen molar-refractivity contribution in [3.8, 4) is 0 Å². The average Bonchev–Trinajstić information content (AvgIpc) is 1.61. The van der Waals surface area contributed by atoms with E-state index in [-0.39, 0.29) is 4.17 Å². The predicted molar refractivity (Wildman–Crippen MR) is 45.8 cm³/mol. The van der Waals surface area contributed by atoms with Crippen LogP contribution in [0.3, 0.4) is 0 Å². The van der Waals surface area contributed by atoms with Gasteiger partial charge in [-0.15, -0.1) is 0 Å². The molecular formula is C4H8Cl2S2. The summed E-state index contributed by atoms with van der Waals surface area (Å²) in [4.78, 5) is 0. The zero-order valence-corrected chi connectivity index (χ0v) is 7.87. The Balaban J connectivity index is 2.93. The van der Waals surface area contributed by atoms with Gasteiger partial charge in [-0.1, -0.05) is 58.6 Å². The zero-order chi connectivity index (χ0) is 6.57. The maximum Gasteiger partial charge on any atom is 0.162 e. The molecule has 0 atom stereocenters. The topological polar surface area (TPSA) is 0 Å². The van der Waals surface area contributed by atoms with Crippen LogP contribution < -0.4 is 0 Å². The lowest BCUT2D eigenvalue weighted by atomic mass is 10.6. The minimum Gasteiger partial charge on any atom is -0.0923 e. The maximum atomic E-state index is 5.43. The first-order valence-electron chi connectivity index (χ1n) is 2.23. The molecule has 0 aromatic carbocycles. The van der Waals surface area contributed by atoms with Crippen LogP contribution in [0.2, 0.25) is 0 Å². The smallest absolute Gasteiger partial charge is 0.0923 e. The number of hydrogen-bond acceptors (Lipinski definition) is 2. The zero-order valence-electron chi connectivity index (χ0n) is 4.73. The molecule has 0 amide bonds. The number of rotatable bonds is 3. The molecule has 0 radical (unpaired) electrons. The van der Waals surface area contributed by atoms with Gasteiger partial charge in [-0.05, 0) is 0 Å². The van der Waals surface area contributed by atoms with Crippen LogP contribution in [0.4, 0.5) is 0 Å². The van der Waals surface area contributed by atoms with Gasteiger partial charge in [0.2, 0.25) is 0 Å². The van der Waals surface area contributed by atoms with Gasteiger partial charge < -0.3 is 0 Å². The molecule has 50 valence electrons. The Hall–Kier alpha value is 1.28. The second-order valence-electron chi connectivity index (χ2n) is 1.50. The summed E-state index contributed by atoms with van der Waals surface area (Å²) in [6, 6.07) is 0. The molecule has 0 rings (SSSR count). The summed E-state index contributed by atoms with van der Waals surface area (Å²) in [6.07, 6.45) is 0. The average molecular weight is 191 g/mol. The summed E-state index contributed by atoms with van der Waals surface area (Å²) in [5.41, 5.74) is 0. The molecule has 0 fully saturated rings. The second kappa shape index (κ2) is 5.10. The molecule has 4 heteroatoms. The van der Waals surface area contributed by atoms with Crippen LogP contribution in [0.25, 0.3) is 0 Å². The number of alkyl halides is 2. The van der Waals surface area contributed by atoms with Crippen LogP contribution in [0, 0.1) is 0 Å². The van der Waals surface area contributed by atoms with E-state index < -0.39 is 0 Å². The van der Waals surface area contributed by atoms with Gasteiger partial charge in [0, 0.05) is 5.25 Å². The number of halogens is 2. The van der Waals surface area contributed by atoms with Gasteiger partial charge in [0.1, 0.15) is 0 Å². The van der Waals surface area contributed by atoms with E-state index >= 15 is 0 Å². The normalized spacial score (nSPS) is 11.2. The van der Waals surface area contributed by atoms with Gasteiger partial charge in [-0.3, -0.25) is 0 Å². The van der Waals surface area contributed by atoms with Gasteiger partial charge in [0.15, 0.2) is 4.17 Å². The van der Waals surface area contributed by atoms with Crippen LogP contribution >= 0.6 is 44.8 Å². The van der Waals surface area contributed by atoms with E-state index in [1.54, 1.807) is 10.8 Å². The van der Waals surface area contributed by atoms with Crippen molar-refractivity contribution in [2.75, 3.05) is 0 Å². The highest BCUT2D eigenvalue weighted by molar-refractivity contribution is 8.77. The lowest BCUT2D eigenvalue weighted by Crippen LogP contribution is -1.82. The van der Waals surface area contributed by atoms with Crippen molar-refractivity contribution in [3.05, 3.63) is 0 Å². The van der Waals surface area contributed by atoms with Crippen molar-refractivity contribution in [2.24, 2.45) is 0 Å². The Kier molecular flexibility index (Phi) is 5.91. The third-order valence-electron chi connectivity index (χ3n) is 0.321. The third kappa shape index (κ3) is 7.28. The summed E-state index contributed by atoms with van der Waals surface area (Å²) in [7, 11) is 3.18. The number of hydrogen-bond donors (Lipinski definition) is 0. The Morgan fingerprint density at radius 1 is 1.12 bits per heavy atom. The Labute approximate surface area is 68.1 Å². The Morgan fingerprint density at radius 2 is 1.62 bits per heavy atom. The van der Waals surface area contributed by atoms with Crippen LogP contribution in [0.1, 0.15) is 13.8 Å². The maximum absolute atomic E-state index is 5.43. The molecule has 0 N–H and O–H groups in total. The molecule has 0 saturated heterocycles. The first-order valence-corrected chi connectivity index (χ1v) is 5.38. The van der Waals surface area contributed by atoms with Crippen LogP contribution in [0.5, 0.6) is 0 Å². The fourth-order valence-corrected chi connectivity index (χ4v) is 2.13.